The minimum Gasteiger partial charge on any atom is -0.493 e. The third kappa shape index (κ3) is 6.73. The average molecular weight is 479 g/mol. The molecule has 0 fully saturated rings. The van der Waals surface area contributed by atoms with E-state index in [1.165, 1.54) is 38.5 Å². The molecule has 0 radical (unpaired) electrons. The summed E-state index contributed by atoms with van der Waals surface area (Å²) in [6, 6.07) is 18.1. The summed E-state index contributed by atoms with van der Waals surface area (Å²) in [5.74, 6) is 0.581. The second-order valence-electron chi connectivity index (χ2n) is 7.17. The summed E-state index contributed by atoms with van der Waals surface area (Å²) < 4.78 is 20.2. The van der Waals surface area contributed by atoms with Crippen LogP contribution in [-0.4, -0.2) is 38.8 Å². The van der Waals surface area contributed by atoms with Gasteiger partial charge in [-0.3, -0.25) is 9.59 Å². The fourth-order valence-electron chi connectivity index (χ4n) is 3.16. The normalized spacial score (nSPS) is 10.1. The number of ether oxygens (including phenoxy) is 4. The van der Waals surface area contributed by atoms with Crippen LogP contribution in [0.1, 0.15) is 33.2 Å². The number of nitrogens with one attached hydrogen (secondary N) is 2. The van der Waals surface area contributed by atoms with Gasteiger partial charge >= 0.3 is 6.16 Å². The molecule has 0 aliphatic heterocycles. The van der Waals surface area contributed by atoms with Gasteiger partial charge in [-0.25, -0.2) is 4.79 Å². The molecule has 3 aromatic rings. The summed E-state index contributed by atoms with van der Waals surface area (Å²) in [6.45, 7) is 2.07. The van der Waals surface area contributed by atoms with E-state index in [0.29, 0.717) is 28.3 Å². The Balaban J connectivity index is 1.64. The van der Waals surface area contributed by atoms with E-state index in [4.69, 9.17) is 18.9 Å². The Morgan fingerprint density at radius 2 is 1.49 bits per heavy atom. The lowest BCUT2D eigenvalue weighted by Crippen LogP contribution is -2.24. The van der Waals surface area contributed by atoms with Crippen molar-refractivity contribution in [3.8, 4) is 17.2 Å². The van der Waals surface area contributed by atoms with Gasteiger partial charge in [0.2, 0.25) is 0 Å². The Bertz CT molecular complexity index is 1190. The van der Waals surface area contributed by atoms with Gasteiger partial charge in [-0.15, -0.1) is 0 Å². The first-order valence-electron chi connectivity index (χ1n) is 10.8. The van der Waals surface area contributed by atoms with Crippen molar-refractivity contribution in [1.29, 1.82) is 0 Å². The van der Waals surface area contributed by atoms with Crippen molar-refractivity contribution < 1.29 is 33.3 Å². The van der Waals surface area contributed by atoms with Crippen LogP contribution < -0.4 is 24.8 Å². The van der Waals surface area contributed by atoms with Crippen LogP contribution in [0.2, 0.25) is 0 Å². The molecule has 3 aromatic carbocycles. The highest BCUT2D eigenvalue weighted by Gasteiger charge is 2.13. The van der Waals surface area contributed by atoms with Gasteiger partial charge in [-0.2, -0.15) is 0 Å². The molecule has 0 unspecified atom stereocenters. The van der Waals surface area contributed by atoms with Gasteiger partial charge in [0, 0.05) is 23.4 Å². The molecule has 0 aliphatic rings. The van der Waals surface area contributed by atoms with E-state index in [9.17, 15) is 14.4 Å². The minimum absolute atomic E-state index is 0.190. The highest BCUT2D eigenvalue weighted by atomic mass is 16.7. The lowest BCUT2D eigenvalue weighted by atomic mass is 10.1. The van der Waals surface area contributed by atoms with Gasteiger partial charge < -0.3 is 29.6 Å². The van der Waals surface area contributed by atoms with Crippen LogP contribution in [-0.2, 0) is 11.3 Å². The van der Waals surface area contributed by atoms with Crippen molar-refractivity contribution in [3.05, 3.63) is 83.4 Å². The van der Waals surface area contributed by atoms with Crippen molar-refractivity contribution >= 4 is 23.7 Å². The summed E-state index contributed by atoms with van der Waals surface area (Å²) in [5.41, 5.74) is 2.05. The van der Waals surface area contributed by atoms with Crippen molar-refractivity contribution in [2.75, 3.05) is 26.1 Å². The Labute approximate surface area is 203 Å². The first kappa shape index (κ1) is 25.1. The fraction of sp³-hybridized carbons (Fsp3) is 0.192. The summed E-state index contributed by atoms with van der Waals surface area (Å²) in [4.78, 5) is 36.8. The van der Waals surface area contributed by atoms with Crippen LogP contribution in [0.5, 0.6) is 17.2 Å². The number of carbonyl (C=O) groups is 3. The molecule has 0 saturated heterocycles. The third-order valence-electron chi connectivity index (χ3n) is 4.93. The smallest absolute Gasteiger partial charge is 0.493 e. The lowest BCUT2D eigenvalue weighted by Gasteiger charge is -2.13. The molecule has 35 heavy (non-hydrogen) atoms. The summed E-state index contributed by atoms with van der Waals surface area (Å²) >= 11 is 0. The van der Waals surface area contributed by atoms with Gasteiger partial charge in [0.25, 0.3) is 11.8 Å². The van der Waals surface area contributed by atoms with E-state index in [2.05, 4.69) is 10.6 Å². The molecule has 9 heteroatoms. The van der Waals surface area contributed by atoms with Crippen LogP contribution >= 0.6 is 0 Å². The number of hydrogen-bond donors (Lipinski definition) is 2. The van der Waals surface area contributed by atoms with Crippen molar-refractivity contribution in [3.63, 3.8) is 0 Å². The van der Waals surface area contributed by atoms with Crippen LogP contribution in [0.4, 0.5) is 10.5 Å². The summed E-state index contributed by atoms with van der Waals surface area (Å²) in [6.07, 6.45) is -0.811. The second-order valence-corrected chi connectivity index (χ2v) is 7.17. The van der Waals surface area contributed by atoms with E-state index in [0.717, 1.165) is 5.56 Å². The number of para-hydroxylation sites is 1. The average Bonchev–Trinajstić information content (AvgIpc) is 2.88. The zero-order chi connectivity index (χ0) is 25.2. The Morgan fingerprint density at radius 1 is 0.800 bits per heavy atom. The van der Waals surface area contributed by atoms with Crippen molar-refractivity contribution in [2.45, 2.75) is 13.5 Å². The van der Waals surface area contributed by atoms with Gasteiger partial charge in [0.05, 0.1) is 20.8 Å². The first-order chi connectivity index (χ1) is 16.9. The van der Waals surface area contributed by atoms with E-state index in [1.54, 1.807) is 43.3 Å². The number of rotatable bonds is 9. The maximum atomic E-state index is 12.7. The standard InChI is InChI=1S/C26H26N2O7/c1-4-34-26(31)35-20-12-9-17(10-13-20)25(30)28-21-8-6-5-7-19(21)16-27-24(29)18-11-14-22(32-2)23(15-18)33-3/h5-15H,4,16H2,1-3H3,(H,27,29)(H,28,30). The highest BCUT2D eigenvalue weighted by Crippen LogP contribution is 2.27. The number of benzene rings is 3. The molecule has 0 aromatic heterocycles. The van der Waals surface area contributed by atoms with Crippen molar-refractivity contribution in [1.82, 2.24) is 5.32 Å². The van der Waals surface area contributed by atoms with Crippen molar-refractivity contribution in [2.24, 2.45) is 0 Å². The molecule has 0 bridgehead atoms. The number of carbonyl (C=O) groups excluding carboxylic acids is 3. The largest absolute Gasteiger partial charge is 0.513 e. The molecule has 182 valence electrons. The van der Waals surface area contributed by atoms with Crippen LogP contribution in [0.25, 0.3) is 0 Å². The molecule has 2 amide bonds. The maximum Gasteiger partial charge on any atom is 0.513 e. The molecule has 2 N–H and O–H groups in total. The molecule has 0 saturated carbocycles. The topological polar surface area (TPSA) is 112 Å². The van der Waals surface area contributed by atoms with E-state index >= 15 is 0 Å². The molecule has 0 atom stereocenters. The molecule has 0 spiro atoms. The molecule has 9 nitrogen and oxygen atoms in total. The predicted molar refractivity (Wildman–Crippen MR) is 129 cm³/mol. The second kappa shape index (κ2) is 12.1. The summed E-state index contributed by atoms with van der Waals surface area (Å²) in [7, 11) is 3.02. The number of hydrogen-bond acceptors (Lipinski definition) is 7. The fourth-order valence-corrected chi connectivity index (χ4v) is 3.16. The zero-order valence-electron chi connectivity index (χ0n) is 19.6. The van der Waals surface area contributed by atoms with Gasteiger partial charge in [0.1, 0.15) is 5.75 Å². The minimum atomic E-state index is -0.811. The van der Waals surface area contributed by atoms with Gasteiger partial charge in [-0.05, 0) is 61.0 Å². The molecule has 3 rings (SSSR count). The lowest BCUT2D eigenvalue weighted by molar-refractivity contribution is 0.0949. The number of methoxy groups -OCH3 is 2. The summed E-state index contributed by atoms with van der Waals surface area (Å²) in [5, 5.41) is 5.69. The monoisotopic (exact) mass is 478 g/mol. The Morgan fingerprint density at radius 3 is 2.17 bits per heavy atom. The van der Waals surface area contributed by atoms with E-state index in [1.807, 2.05) is 6.07 Å². The molecular weight excluding hydrogens is 452 g/mol. The van der Waals surface area contributed by atoms with E-state index < -0.39 is 6.16 Å². The van der Waals surface area contributed by atoms with E-state index in [-0.39, 0.29) is 30.7 Å². The SMILES string of the molecule is CCOC(=O)Oc1ccc(C(=O)Nc2ccccc2CNC(=O)c2ccc(OC)c(OC)c2)cc1. The molecule has 0 heterocycles. The third-order valence-corrected chi connectivity index (χ3v) is 4.93. The highest BCUT2D eigenvalue weighted by molar-refractivity contribution is 6.04. The quantitative estimate of drug-likeness (QED) is 0.346. The maximum absolute atomic E-state index is 12.7. The predicted octanol–water partition coefficient (Wildman–Crippen LogP) is 4.42. The Kier molecular flexibility index (Phi) is 8.66. The van der Waals surface area contributed by atoms with Crippen LogP contribution in [0, 0.1) is 0 Å². The Hall–Kier alpha value is -4.53. The zero-order valence-corrected chi connectivity index (χ0v) is 19.6. The first-order valence-corrected chi connectivity index (χ1v) is 10.8. The van der Waals surface area contributed by atoms with Gasteiger partial charge in [-0.1, -0.05) is 18.2 Å². The molecule has 0 aliphatic carbocycles. The molecular formula is C26H26N2O7. The van der Waals surface area contributed by atoms with Crippen LogP contribution in [0.3, 0.4) is 0 Å². The number of amides is 2. The van der Waals surface area contributed by atoms with Crippen LogP contribution in [0.15, 0.2) is 66.7 Å². The van der Waals surface area contributed by atoms with Gasteiger partial charge in [0.15, 0.2) is 11.5 Å². The number of anilines is 1.